The highest BCUT2D eigenvalue weighted by Crippen LogP contribution is 2.20. The first-order valence-electron chi connectivity index (χ1n) is 9.80. The van der Waals surface area contributed by atoms with Crippen LogP contribution in [0.15, 0.2) is 24.3 Å². The number of benzene rings is 1. The molecule has 1 aromatic rings. The molecule has 2 aliphatic rings. The summed E-state index contributed by atoms with van der Waals surface area (Å²) >= 11 is 0. The van der Waals surface area contributed by atoms with Gasteiger partial charge in [-0.3, -0.25) is 4.90 Å². The lowest BCUT2D eigenvalue weighted by atomic mass is 10.00. The van der Waals surface area contributed by atoms with Crippen LogP contribution in [0.5, 0.6) is 0 Å². The van der Waals surface area contributed by atoms with E-state index in [9.17, 15) is 14.3 Å². The minimum absolute atomic E-state index is 0.0279. The SMILES string of the molecule is O=C(NC1CCN(Cc2ccc(F)cc2)CC1)N1CCCCC1CCO. The lowest BCUT2D eigenvalue weighted by molar-refractivity contribution is 0.123. The normalized spacial score (nSPS) is 22.4. The standard InChI is InChI=1S/C20H30FN3O2/c21-17-6-4-16(5-7-17)15-23-12-8-18(9-13-23)22-20(26)24-11-2-1-3-19(24)10-14-25/h4-7,18-19,25H,1-3,8-15H2,(H,22,26). The first kappa shape index (κ1) is 19.1. The van der Waals surface area contributed by atoms with E-state index >= 15 is 0 Å². The van der Waals surface area contributed by atoms with Gasteiger partial charge in [0, 0.05) is 44.9 Å². The number of piperidine rings is 2. The summed E-state index contributed by atoms with van der Waals surface area (Å²) in [7, 11) is 0. The van der Waals surface area contributed by atoms with E-state index < -0.39 is 0 Å². The molecular formula is C20H30FN3O2. The maximum Gasteiger partial charge on any atom is 0.317 e. The van der Waals surface area contributed by atoms with Crippen LogP contribution < -0.4 is 5.32 Å². The fourth-order valence-electron chi connectivity index (χ4n) is 4.06. The fraction of sp³-hybridized carbons (Fsp3) is 0.650. The Morgan fingerprint density at radius 1 is 1.12 bits per heavy atom. The Morgan fingerprint density at radius 2 is 1.85 bits per heavy atom. The molecule has 0 saturated carbocycles. The van der Waals surface area contributed by atoms with Gasteiger partial charge in [-0.05, 0) is 56.2 Å². The lowest BCUT2D eigenvalue weighted by Crippen LogP contribution is -2.53. The molecule has 2 N–H and O–H groups in total. The average molecular weight is 363 g/mol. The highest BCUT2D eigenvalue weighted by Gasteiger charge is 2.28. The topological polar surface area (TPSA) is 55.8 Å². The second kappa shape index (κ2) is 9.33. The van der Waals surface area contributed by atoms with Crippen molar-refractivity contribution in [1.29, 1.82) is 0 Å². The molecule has 0 aromatic heterocycles. The van der Waals surface area contributed by atoms with Gasteiger partial charge >= 0.3 is 6.03 Å². The van der Waals surface area contributed by atoms with Gasteiger partial charge in [-0.25, -0.2) is 9.18 Å². The maximum atomic E-state index is 13.0. The Hall–Kier alpha value is -1.66. The summed E-state index contributed by atoms with van der Waals surface area (Å²) in [4.78, 5) is 16.9. The number of hydrogen-bond acceptors (Lipinski definition) is 3. The summed E-state index contributed by atoms with van der Waals surface area (Å²) in [6, 6.07) is 7.09. The van der Waals surface area contributed by atoms with Crippen molar-refractivity contribution in [2.45, 2.75) is 57.2 Å². The fourth-order valence-corrected chi connectivity index (χ4v) is 4.06. The lowest BCUT2D eigenvalue weighted by Gasteiger charge is -2.38. The molecular weight excluding hydrogens is 333 g/mol. The molecule has 2 amide bonds. The summed E-state index contributed by atoms with van der Waals surface area (Å²) in [6.07, 6.45) is 5.71. The monoisotopic (exact) mass is 363 g/mol. The number of aliphatic hydroxyl groups excluding tert-OH is 1. The van der Waals surface area contributed by atoms with Gasteiger partial charge in [0.15, 0.2) is 0 Å². The van der Waals surface area contributed by atoms with Crippen molar-refractivity contribution in [2.24, 2.45) is 0 Å². The zero-order valence-corrected chi connectivity index (χ0v) is 15.4. The molecule has 2 fully saturated rings. The summed E-state index contributed by atoms with van der Waals surface area (Å²) in [5.74, 6) is -0.201. The predicted molar refractivity (Wildman–Crippen MR) is 99.3 cm³/mol. The number of carbonyl (C=O) groups is 1. The number of amides is 2. The van der Waals surface area contributed by atoms with E-state index in [-0.39, 0.29) is 30.5 Å². The zero-order valence-electron chi connectivity index (χ0n) is 15.4. The number of aliphatic hydroxyl groups is 1. The summed E-state index contributed by atoms with van der Waals surface area (Å²) < 4.78 is 13.0. The van der Waals surface area contributed by atoms with E-state index in [0.717, 1.165) is 63.8 Å². The van der Waals surface area contributed by atoms with Gasteiger partial charge in [-0.1, -0.05) is 12.1 Å². The molecule has 3 rings (SSSR count). The van der Waals surface area contributed by atoms with E-state index in [1.165, 1.54) is 12.1 Å². The van der Waals surface area contributed by atoms with Gasteiger partial charge in [0.05, 0.1) is 0 Å². The Bertz CT molecular complexity index is 571. The van der Waals surface area contributed by atoms with Crippen molar-refractivity contribution in [2.75, 3.05) is 26.2 Å². The van der Waals surface area contributed by atoms with Crippen LogP contribution in [-0.2, 0) is 6.54 Å². The Morgan fingerprint density at radius 3 is 2.54 bits per heavy atom. The molecule has 0 radical (unpaired) electrons. The van der Waals surface area contributed by atoms with Crippen LogP contribution in [0.25, 0.3) is 0 Å². The van der Waals surface area contributed by atoms with Crippen molar-refractivity contribution in [3.8, 4) is 0 Å². The van der Waals surface area contributed by atoms with Crippen LogP contribution in [0.2, 0.25) is 0 Å². The Kier molecular flexibility index (Phi) is 6.86. The molecule has 1 unspecified atom stereocenters. The van der Waals surface area contributed by atoms with Crippen LogP contribution in [-0.4, -0.2) is 59.3 Å². The van der Waals surface area contributed by atoms with Crippen LogP contribution >= 0.6 is 0 Å². The molecule has 26 heavy (non-hydrogen) atoms. The minimum Gasteiger partial charge on any atom is -0.396 e. The van der Waals surface area contributed by atoms with Gasteiger partial charge in [0.2, 0.25) is 0 Å². The molecule has 5 nitrogen and oxygen atoms in total. The number of urea groups is 1. The Balaban J connectivity index is 1.44. The van der Waals surface area contributed by atoms with Gasteiger partial charge in [-0.15, -0.1) is 0 Å². The molecule has 144 valence electrons. The first-order chi connectivity index (χ1) is 12.7. The van der Waals surface area contributed by atoms with Crippen LogP contribution in [0.1, 0.15) is 44.1 Å². The average Bonchev–Trinajstić information content (AvgIpc) is 2.66. The molecule has 1 atom stereocenters. The van der Waals surface area contributed by atoms with Crippen molar-refractivity contribution in [3.05, 3.63) is 35.6 Å². The smallest absolute Gasteiger partial charge is 0.317 e. The molecule has 0 aliphatic carbocycles. The third kappa shape index (κ3) is 5.17. The van der Waals surface area contributed by atoms with Gasteiger partial charge < -0.3 is 15.3 Å². The summed E-state index contributed by atoms with van der Waals surface area (Å²) in [5.41, 5.74) is 1.12. The second-order valence-corrected chi connectivity index (χ2v) is 7.48. The van der Waals surface area contributed by atoms with Crippen molar-refractivity contribution >= 4 is 6.03 Å². The quantitative estimate of drug-likeness (QED) is 0.846. The number of rotatable bonds is 5. The predicted octanol–water partition coefficient (Wildman–Crippen LogP) is 2.74. The Labute approximate surface area is 155 Å². The molecule has 2 heterocycles. The zero-order chi connectivity index (χ0) is 18.4. The summed E-state index contributed by atoms with van der Waals surface area (Å²) in [5, 5.41) is 12.4. The third-order valence-corrected chi connectivity index (χ3v) is 5.58. The van der Waals surface area contributed by atoms with E-state index in [1.807, 2.05) is 17.0 Å². The number of carbonyl (C=O) groups excluding carboxylic acids is 1. The molecule has 6 heteroatoms. The first-order valence-corrected chi connectivity index (χ1v) is 9.80. The van der Waals surface area contributed by atoms with Crippen molar-refractivity contribution in [3.63, 3.8) is 0 Å². The van der Waals surface area contributed by atoms with E-state index in [4.69, 9.17) is 0 Å². The number of hydrogen-bond donors (Lipinski definition) is 2. The highest BCUT2D eigenvalue weighted by atomic mass is 19.1. The molecule has 2 aliphatic heterocycles. The van der Waals surface area contributed by atoms with Gasteiger partial charge in [0.25, 0.3) is 0 Å². The number of likely N-dealkylation sites (tertiary alicyclic amines) is 2. The maximum absolute atomic E-state index is 13.0. The molecule has 0 bridgehead atoms. The van der Waals surface area contributed by atoms with E-state index in [2.05, 4.69) is 10.2 Å². The van der Waals surface area contributed by atoms with Gasteiger partial charge in [-0.2, -0.15) is 0 Å². The number of nitrogens with zero attached hydrogens (tertiary/aromatic N) is 2. The summed E-state index contributed by atoms with van der Waals surface area (Å²) in [6.45, 7) is 3.62. The van der Waals surface area contributed by atoms with Crippen LogP contribution in [0.3, 0.4) is 0 Å². The molecule has 1 aromatic carbocycles. The van der Waals surface area contributed by atoms with E-state index in [0.29, 0.717) is 6.42 Å². The van der Waals surface area contributed by atoms with Gasteiger partial charge in [0.1, 0.15) is 5.82 Å². The minimum atomic E-state index is -0.201. The number of halogens is 1. The highest BCUT2D eigenvalue weighted by molar-refractivity contribution is 5.75. The van der Waals surface area contributed by atoms with E-state index in [1.54, 1.807) is 0 Å². The second-order valence-electron chi connectivity index (χ2n) is 7.48. The van der Waals surface area contributed by atoms with Crippen molar-refractivity contribution in [1.82, 2.24) is 15.1 Å². The van der Waals surface area contributed by atoms with Crippen LogP contribution in [0.4, 0.5) is 9.18 Å². The largest absolute Gasteiger partial charge is 0.396 e. The number of nitrogens with one attached hydrogen (secondary N) is 1. The molecule has 0 spiro atoms. The molecule has 2 saturated heterocycles. The van der Waals surface area contributed by atoms with Crippen LogP contribution in [0, 0.1) is 5.82 Å². The third-order valence-electron chi connectivity index (χ3n) is 5.58. The van der Waals surface area contributed by atoms with Crippen molar-refractivity contribution < 1.29 is 14.3 Å².